The first-order valence-corrected chi connectivity index (χ1v) is 7.47. The van der Waals surface area contributed by atoms with Crippen LogP contribution in [0, 0.1) is 17.2 Å². The molecule has 110 valence electrons. The van der Waals surface area contributed by atoms with Gasteiger partial charge in [-0.25, -0.2) is 0 Å². The van der Waals surface area contributed by atoms with E-state index in [1.165, 1.54) is 0 Å². The molecule has 0 radical (unpaired) electrons. The van der Waals surface area contributed by atoms with Crippen LogP contribution in [0.4, 0.5) is 5.69 Å². The smallest absolute Gasteiger partial charge is 0.115 e. The average molecular weight is 292 g/mol. The molecular formula is C18H16N2O2. The highest BCUT2D eigenvalue weighted by Gasteiger charge is 2.41. The molecule has 3 atom stereocenters. The van der Waals surface area contributed by atoms with Crippen molar-refractivity contribution in [1.29, 1.82) is 5.26 Å². The molecule has 0 aliphatic carbocycles. The maximum absolute atomic E-state index is 9.75. The van der Waals surface area contributed by atoms with E-state index in [4.69, 9.17) is 10.00 Å². The number of anilines is 1. The number of fused-ring (bicyclic) bond motifs is 3. The van der Waals surface area contributed by atoms with Gasteiger partial charge in [0.2, 0.25) is 0 Å². The minimum absolute atomic E-state index is 0.0110. The monoisotopic (exact) mass is 292 g/mol. The molecular weight excluding hydrogens is 276 g/mol. The van der Waals surface area contributed by atoms with E-state index in [0.717, 1.165) is 29.8 Å². The van der Waals surface area contributed by atoms with Crippen LogP contribution in [-0.2, 0) is 4.74 Å². The zero-order valence-corrected chi connectivity index (χ0v) is 12.0. The predicted octanol–water partition coefficient (Wildman–Crippen LogP) is 3.51. The van der Waals surface area contributed by atoms with E-state index in [-0.39, 0.29) is 17.9 Å². The molecule has 0 saturated carbocycles. The Morgan fingerprint density at radius 3 is 2.95 bits per heavy atom. The van der Waals surface area contributed by atoms with Gasteiger partial charge in [0.1, 0.15) is 5.75 Å². The SMILES string of the molecule is N#Cc1ccc2c(c1)[C@@H]1OCC[C@H]1[C@@H](c1cccc(O)c1)N2. The van der Waals surface area contributed by atoms with Crippen molar-refractivity contribution >= 4 is 5.69 Å². The standard InChI is InChI=1S/C18H16N2O2/c19-10-11-4-5-16-15(8-11)18-14(6-7-22-18)17(20-16)12-2-1-3-13(21)9-12/h1-5,8-9,14,17-18,20-21H,6-7H2/t14-,17+,18+/m0/s1. The number of phenolic OH excluding ortho intramolecular Hbond substituents is 1. The molecule has 22 heavy (non-hydrogen) atoms. The van der Waals surface area contributed by atoms with Gasteiger partial charge in [-0.3, -0.25) is 0 Å². The second kappa shape index (κ2) is 5.04. The molecule has 0 spiro atoms. The second-order valence-electron chi connectivity index (χ2n) is 5.87. The molecule has 2 aliphatic rings. The highest BCUT2D eigenvalue weighted by molar-refractivity contribution is 5.60. The van der Waals surface area contributed by atoms with Crippen molar-refractivity contribution < 1.29 is 9.84 Å². The predicted molar refractivity (Wildman–Crippen MR) is 82.4 cm³/mol. The van der Waals surface area contributed by atoms with E-state index >= 15 is 0 Å². The van der Waals surface area contributed by atoms with E-state index in [2.05, 4.69) is 11.4 Å². The van der Waals surface area contributed by atoms with Crippen molar-refractivity contribution in [3.63, 3.8) is 0 Å². The van der Waals surface area contributed by atoms with Crippen LogP contribution < -0.4 is 5.32 Å². The lowest BCUT2D eigenvalue weighted by Gasteiger charge is -2.36. The van der Waals surface area contributed by atoms with Crippen LogP contribution >= 0.6 is 0 Å². The number of phenols is 1. The average Bonchev–Trinajstić information content (AvgIpc) is 3.03. The zero-order chi connectivity index (χ0) is 15.1. The van der Waals surface area contributed by atoms with Crippen LogP contribution in [-0.4, -0.2) is 11.7 Å². The first-order valence-electron chi connectivity index (χ1n) is 7.47. The van der Waals surface area contributed by atoms with Crippen molar-refractivity contribution in [2.24, 2.45) is 5.92 Å². The lowest BCUT2D eigenvalue weighted by molar-refractivity contribution is 0.0829. The quantitative estimate of drug-likeness (QED) is 0.844. The molecule has 2 N–H and O–H groups in total. The van der Waals surface area contributed by atoms with E-state index in [1.807, 2.05) is 36.4 Å². The van der Waals surface area contributed by atoms with Crippen LogP contribution in [0.1, 0.15) is 35.3 Å². The number of nitrogens with zero attached hydrogens (tertiary/aromatic N) is 1. The summed E-state index contributed by atoms with van der Waals surface area (Å²) in [5.74, 6) is 0.587. The van der Waals surface area contributed by atoms with Gasteiger partial charge in [0.05, 0.1) is 23.8 Å². The minimum atomic E-state index is 0.0110. The van der Waals surface area contributed by atoms with Crippen molar-refractivity contribution in [3.05, 3.63) is 59.2 Å². The molecule has 0 bridgehead atoms. The number of ether oxygens (including phenoxy) is 1. The topological polar surface area (TPSA) is 65.3 Å². The van der Waals surface area contributed by atoms with Gasteiger partial charge >= 0.3 is 0 Å². The lowest BCUT2D eigenvalue weighted by Crippen LogP contribution is -2.29. The maximum Gasteiger partial charge on any atom is 0.115 e. The maximum atomic E-state index is 9.75. The number of hydrogen-bond donors (Lipinski definition) is 2. The zero-order valence-electron chi connectivity index (χ0n) is 12.0. The summed E-state index contributed by atoms with van der Waals surface area (Å²) in [5.41, 5.74) is 3.80. The summed E-state index contributed by atoms with van der Waals surface area (Å²) in [6.45, 7) is 0.725. The third-order valence-corrected chi connectivity index (χ3v) is 4.59. The molecule has 4 rings (SSSR count). The van der Waals surface area contributed by atoms with Crippen molar-refractivity contribution in [2.75, 3.05) is 11.9 Å². The fourth-order valence-corrected chi connectivity index (χ4v) is 3.59. The molecule has 1 saturated heterocycles. The van der Waals surface area contributed by atoms with E-state index in [9.17, 15) is 5.11 Å². The minimum Gasteiger partial charge on any atom is -0.508 e. The van der Waals surface area contributed by atoms with Crippen LogP contribution in [0.2, 0.25) is 0 Å². The molecule has 2 aliphatic heterocycles. The fraction of sp³-hybridized carbons (Fsp3) is 0.278. The van der Waals surface area contributed by atoms with Gasteiger partial charge < -0.3 is 15.2 Å². The van der Waals surface area contributed by atoms with Gasteiger partial charge in [-0.15, -0.1) is 0 Å². The van der Waals surface area contributed by atoms with E-state index < -0.39 is 0 Å². The molecule has 1 fully saturated rings. The fourth-order valence-electron chi connectivity index (χ4n) is 3.59. The van der Waals surface area contributed by atoms with Crippen molar-refractivity contribution in [2.45, 2.75) is 18.6 Å². The Morgan fingerprint density at radius 1 is 1.23 bits per heavy atom. The summed E-state index contributed by atoms with van der Waals surface area (Å²) in [7, 11) is 0. The molecule has 0 amide bonds. The molecule has 4 nitrogen and oxygen atoms in total. The Hall–Kier alpha value is -2.51. The summed E-state index contributed by atoms with van der Waals surface area (Å²) in [6.07, 6.45) is 0.977. The van der Waals surface area contributed by atoms with Crippen LogP contribution in [0.15, 0.2) is 42.5 Å². The Labute approximate surface area is 129 Å². The van der Waals surface area contributed by atoms with Gasteiger partial charge in [0.15, 0.2) is 0 Å². The second-order valence-corrected chi connectivity index (χ2v) is 5.87. The highest BCUT2D eigenvalue weighted by atomic mass is 16.5. The van der Waals surface area contributed by atoms with Crippen LogP contribution in [0.5, 0.6) is 5.75 Å². The largest absolute Gasteiger partial charge is 0.508 e. The van der Waals surface area contributed by atoms with Gasteiger partial charge in [-0.2, -0.15) is 5.26 Å². The van der Waals surface area contributed by atoms with Crippen LogP contribution in [0.3, 0.4) is 0 Å². The number of rotatable bonds is 1. The summed E-state index contributed by atoms with van der Waals surface area (Å²) in [4.78, 5) is 0. The molecule has 2 aromatic carbocycles. The normalized spacial score (nSPS) is 25.7. The number of aromatic hydroxyl groups is 1. The molecule has 2 aromatic rings. The number of benzene rings is 2. The van der Waals surface area contributed by atoms with Gasteiger partial charge in [-0.1, -0.05) is 12.1 Å². The molecule has 0 aromatic heterocycles. The third-order valence-electron chi connectivity index (χ3n) is 4.59. The van der Waals surface area contributed by atoms with Crippen LogP contribution in [0.25, 0.3) is 0 Å². The summed E-state index contributed by atoms with van der Waals surface area (Å²) >= 11 is 0. The van der Waals surface area contributed by atoms with Gasteiger partial charge in [0.25, 0.3) is 0 Å². The van der Waals surface area contributed by atoms with E-state index in [1.54, 1.807) is 6.07 Å². The van der Waals surface area contributed by atoms with Gasteiger partial charge in [0, 0.05) is 23.8 Å². The molecule has 4 heteroatoms. The molecule has 2 heterocycles. The molecule has 0 unspecified atom stereocenters. The Kier molecular flexibility index (Phi) is 3.02. The first kappa shape index (κ1) is 13.2. The summed E-state index contributed by atoms with van der Waals surface area (Å²) in [6, 6.07) is 15.4. The number of nitrogens with one attached hydrogen (secondary N) is 1. The van der Waals surface area contributed by atoms with Crippen molar-refractivity contribution in [1.82, 2.24) is 0 Å². The Balaban J connectivity index is 1.79. The van der Waals surface area contributed by atoms with Crippen molar-refractivity contribution in [3.8, 4) is 11.8 Å². The van der Waals surface area contributed by atoms with Gasteiger partial charge in [-0.05, 0) is 42.3 Å². The third kappa shape index (κ3) is 2.02. The summed E-state index contributed by atoms with van der Waals surface area (Å²) < 4.78 is 5.95. The first-order chi connectivity index (χ1) is 10.8. The number of hydrogen-bond acceptors (Lipinski definition) is 4. The Bertz CT molecular complexity index is 766. The lowest BCUT2D eigenvalue weighted by atomic mass is 9.80. The highest BCUT2D eigenvalue weighted by Crippen LogP contribution is 2.50. The number of nitriles is 1. The van der Waals surface area contributed by atoms with E-state index in [0.29, 0.717) is 11.5 Å². The summed E-state index contributed by atoms with van der Waals surface area (Å²) in [5, 5.41) is 22.4. The Morgan fingerprint density at radius 2 is 2.14 bits per heavy atom.